The summed E-state index contributed by atoms with van der Waals surface area (Å²) in [6, 6.07) is 0. The highest BCUT2D eigenvalue weighted by atomic mass is 16.6. The number of aliphatic hydroxyl groups excluding tert-OH is 2. The Morgan fingerprint density at radius 1 is 1.38 bits per heavy atom. The van der Waals surface area contributed by atoms with Gasteiger partial charge in [0.15, 0.2) is 17.5 Å². The van der Waals surface area contributed by atoms with Crippen LogP contribution in [-0.2, 0) is 19.1 Å². The van der Waals surface area contributed by atoms with E-state index >= 15 is 0 Å². The van der Waals surface area contributed by atoms with Gasteiger partial charge in [0.25, 0.3) is 0 Å². The van der Waals surface area contributed by atoms with Crippen molar-refractivity contribution in [2.24, 2.45) is 34.5 Å². The van der Waals surface area contributed by atoms with Crippen molar-refractivity contribution in [1.82, 2.24) is 0 Å². The summed E-state index contributed by atoms with van der Waals surface area (Å²) in [5.41, 5.74) is -4.16. The minimum Gasteiger partial charge on any atom is -0.451 e. The molecule has 1 saturated heterocycles. The number of rotatable bonds is 3. The lowest BCUT2D eigenvalue weighted by Crippen LogP contribution is -2.68. The SMILES string of the molecule is C/C=C(/C)C(=O)O[C@H]1C(C)=C[C@@]23C(=O)[C@H]([C@H]4[C@@H](C[C@H]2C)C4(C)C)[C@H]2O[C@@]2(CO)[C@@H](O)[C@]13O. The van der Waals surface area contributed by atoms with Gasteiger partial charge in [-0.25, -0.2) is 4.79 Å². The van der Waals surface area contributed by atoms with Crippen LogP contribution < -0.4 is 0 Å². The van der Waals surface area contributed by atoms with Gasteiger partial charge in [0.05, 0.1) is 17.9 Å². The zero-order valence-electron chi connectivity index (χ0n) is 19.6. The van der Waals surface area contributed by atoms with Gasteiger partial charge in [0, 0.05) is 5.57 Å². The minimum absolute atomic E-state index is 0.0526. The lowest BCUT2D eigenvalue weighted by molar-refractivity contribution is -0.220. The molecular weight excluding hydrogens is 412 g/mol. The van der Waals surface area contributed by atoms with Crippen molar-refractivity contribution in [2.75, 3.05) is 6.61 Å². The molecule has 1 spiro atoms. The van der Waals surface area contributed by atoms with Crippen LogP contribution in [0.2, 0.25) is 0 Å². The summed E-state index contributed by atoms with van der Waals surface area (Å²) in [5.74, 6) is -1.26. The van der Waals surface area contributed by atoms with Gasteiger partial charge in [-0.05, 0) is 55.9 Å². The molecule has 3 N–H and O–H groups in total. The van der Waals surface area contributed by atoms with E-state index < -0.39 is 53.4 Å². The maximum Gasteiger partial charge on any atom is 0.334 e. The fourth-order valence-corrected chi connectivity index (χ4v) is 7.70. The molecule has 0 unspecified atom stereocenters. The molecular formula is C25H34O7. The van der Waals surface area contributed by atoms with Gasteiger partial charge >= 0.3 is 5.97 Å². The number of carbonyl (C=O) groups is 2. The maximum absolute atomic E-state index is 14.4. The summed E-state index contributed by atoms with van der Waals surface area (Å²) in [7, 11) is 0. The zero-order valence-corrected chi connectivity index (χ0v) is 19.6. The van der Waals surface area contributed by atoms with Gasteiger partial charge in [-0.15, -0.1) is 0 Å². The summed E-state index contributed by atoms with van der Waals surface area (Å²) in [4.78, 5) is 27.1. The summed E-state index contributed by atoms with van der Waals surface area (Å²) in [6.07, 6.45) is 0.583. The van der Waals surface area contributed by atoms with E-state index in [9.17, 15) is 24.9 Å². The predicted molar refractivity (Wildman–Crippen MR) is 114 cm³/mol. The third kappa shape index (κ3) is 2.21. The first kappa shape index (κ1) is 22.3. The van der Waals surface area contributed by atoms with Gasteiger partial charge in [-0.2, -0.15) is 0 Å². The molecule has 5 aliphatic rings. The van der Waals surface area contributed by atoms with Crippen molar-refractivity contribution in [1.29, 1.82) is 0 Å². The second-order valence-electron chi connectivity index (χ2n) is 11.4. The molecule has 0 aromatic carbocycles. The Kier molecular flexibility index (Phi) is 4.39. The first-order valence-electron chi connectivity index (χ1n) is 11.6. The van der Waals surface area contributed by atoms with Crippen LogP contribution in [0, 0.1) is 34.5 Å². The number of fused-ring (bicyclic) bond motifs is 5. The highest BCUT2D eigenvalue weighted by Crippen LogP contribution is 2.75. The molecule has 7 nitrogen and oxygen atoms in total. The largest absolute Gasteiger partial charge is 0.451 e. The van der Waals surface area contributed by atoms with E-state index in [1.807, 2.05) is 6.92 Å². The fraction of sp³-hybridized carbons (Fsp3) is 0.760. The molecule has 5 rings (SSSR count). The van der Waals surface area contributed by atoms with E-state index in [0.717, 1.165) is 0 Å². The maximum atomic E-state index is 14.4. The summed E-state index contributed by atoms with van der Waals surface area (Å²) < 4.78 is 11.7. The first-order chi connectivity index (χ1) is 14.9. The average Bonchev–Trinajstić information content (AvgIpc) is 3.59. The number of epoxide rings is 1. The number of allylic oxidation sites excluding steroid dienone is 1. The fourth-order valence-electron chi connectivity index (χ4n) is 7.70. The van der Waals surface area contributed by atoms with E-state index in [1.165, 1.54) is 0 Å². The second kappa shape index (κ2) is 6.32. The number of ether oxygens (including phenoxy) is 2. The quantitative estimate of drug-likeness (QED) is 0.261. The average molecular weight is 447 g/mol. The molecule has 0 amide bonds. The first-order valence-corrected chi connectivity index (χ1v) is 11.6. The van der Waals surface area contributed by atoms with E-state index in [1.54, 1.807) is 32.9 Å². The third-order valence-electron chi connectivity index (χ3n) is 9.76. The highest BCUT2D eigenvalue weighted by molar-refractivity contribution is 5.95. The van der Waals surface area contributed by atoms with Gasteiger partial charge in [-0.3, -0.25) is 4.79 Å². The van der Waals surface area contributed by atoms with Crippen LogP contribution >= 0.6 is 0 Å². The van der Waals surface area contributed by atoms with Crippen molar-refractivity contribution in [3.8, 4) is 0 Å². The second-order valence-corrected chi connectivity index (χ2v) is 11.4. The molecule has 4 aliphatic carbocycles. The summed E-state index contributed by atoms with van der Waals surface area (Å²) in [5, 5.41) is 34.3. The topological polar surface area (TPSA) is 117 Å². The van der Waals surface area contributed by atoms with Crippen molar-refractivity contribution in [2.45, 2.75) is 77.5 Å². The molecule has 2 bridgehead atoms. The predicted octanol–water partition coefficient (Wildman–Crippen LogP) is 1.54. The Morgan fingerprint density at radius 2 is 2.03 bits per heavy atom. The number of hydrogen-bond donors (Lipinski definition) is 3. The van der Waals surface area contributed by atoms with Gasteiger partial charge < -0.3 is 24.8 Å². The molecule has 7 heteroatoms. The molecule has 0 aromatic rings. The van der Waals surface area contributed by atoms with Crippen LogP contribution in [-0.4, -0.2) is 63.2 Å². The van der Waals surface area contributed by atoms with Crippen LogP contribution in [0.15, 0.2) is 23.3 Å². The van der Waals surface area contributed by atoms with Gasteiger partial charge in [-0.1, -0.05) is 32.9 Å². The smallest absolute Gasteiger partial charge is 0.334 e. The van der Waals surface area contributed by atoms with E-state index in [2.05, 4.69) is 13.8 Å². The van der Waals surface area contributed by atoms with Crippen molar-refractivity contribution in [3.63, 3.8) is 0 Å². The van der Waals surface area contributed by atoms with Crippen LogP contribution in [0.25, 0.3) is 0 Å². The Bertz CT molecular complexity index is 965. The molecule has 0 aromatic heterocycles. The van der Waals surface area contributed by atoms with Gasteiger partial charge in [0.1, 0.15) is 17.8 Å². The number of esters is 1. The molecule has 3 saturated carbocycles. The molecule has 4 fully saturated rings. The standard InChI is InChI=1S/C25H34O7/c1-7-11(2)20(28)31-18-12(3)9-23-13(4)8-14-16(22(14,5)6)15(17(23)27)19-24(10-26,32-19)21(29)25(18,23)30/h7,9,13-16,18-19,21,26,29-30H,8,10H2,1-6H3/b11-7-/t13-,14-,15+,16-,18+,19-,21-,23+,24-,25-/m1/s1. The Morgan fingerprint density at radius 3 is 2.62 bits per heavy atom. The molecule has 1 aliphatic heterocycles. The Labute approximate surface area is 188 Å². The number of ketones is 1. The van der Waals surface area contributed by atoms with Crippen LogP contribution in [0.1, 0.15) is 48.0 Å². The molecule has 32 heavy (non-hydrogen) atoms. The van der Waals surface area contributed by atoms with Crippen molar-refractivity contribution < 1.29 is 34.4 Å². The van der Waals surface area contributed by atoms with Crippen molar-refractivity contribution in [3.05, 3.63) is 23.3 Å². The Balaban J connectivity index is 1.70. The lowest BCUT2D eigenvalue weighted by atomic mass is 9.59. The van der Waals surface area contributed by atoms with E-state index in [4.69, 9.17) is 9.47 Å². The number of aliphatic hydroxyl groups is 3. The van der Waals surface area contributed by atoms with E-state index in [-0.39, 0.29) is 29.0 Å². The number of Topliss-reactive ketones (excluding diaryl/α,β-unsaturated/α-hetero) is 1. The van der Waals surface area contributed by atoms with Gasteiger partial charge in [0.2, 0.25) is 0 Å². The van der Waals surface area contributed by atoms with Crippen LogP contribution in [0.4, 0.5) is 0 Å². The zero-order chi connectivity index (χ0) is 23.6. The van der Waals surface area contributed by atoms with E-state index in [0.29, 0.717) is 17.6 Å². The Hall–Kier alpha value is -1.54. The number of hydrogen-bond acceptors (Lipinski definition) is 7. The molecule has 10 atom stereocenters. The lowest BCUT2D eigenvalue weighted by Gasteiger charge is -2.49. The highest BCUT2D eigenvalue weighted by Gasteiger charge is 2.86. The summed E-state index contributed by atoms with van der Waals surface area (Å²) >= 11 is 0. The summed E-state index contributed by atoms with van der Waals surface area (Å²) in [6.45, 7) is 10.8. The number of carbonyl (C=O) groups excluding carboxylic acids is 2. The van der Waals surface area contributed by atoms with Crippen molar-refractivity contribution >= 4 is 11.8 Å². The normalized spacial score (nSPS) is 52.7. The van der Waals surface area contributed by atoms with Crippen LogP contribution in [0.3, 0.4) is 0 Å². The minimum atomic E-state index is -2.13. The molecule has 0 radical (unpaired) electrons. The molecule has 1 heterocycles. The third-order valence-corrected chi connectivity index (χ3v) is 9.76. The monoisotopic (exact) mass is 446 g/mol. The molecule has 176 valence electrons. The van der Waals surface area contributed by atoms with Crippen LogP contribution in [0.5, 0.6) is 0 Å².